The molecule has 2 fully saturated rings. The first kappa shape index (κ1) is 14.8. The van der Waals surface area contributed by atoms with E-state index in [2.05, 4.69) is 19.8 Å². The summed E-state index contributed by atoms with van der Waals surface area (Å²) in [6, 6.07) is 7.19. The maximum Gasteiger partial charge on any atom is 0.277 e. The Morgan fingerprint density at radius 2 is 1.75 bits per heavy atom. The fourth-order valence-electron chi connectivity index (χ4n) is 3.51. The number of halogens is 1. The van der Waals surface area contributed by atoms with E-state index in [1.54, 1.807) is 17.6 Å². The number of carbonyl (C=O) groups excluding carboxylic acids is 1. The van der Waals surface area contributed by atoms with Gasteiger partial charge in [0, 0.05) is 37.2 Å². The van der Waals surface area contributed by atoms with E-state index < -0.39 is 5.91 Å². The Kier molecular flexibility index (Phi) is 3.53. The van der Waals surface area contributed by atoms with Crippen LogP contribution in [0.15, 0.2) is 36.7 Å². The van der Waals surface area contributed by atoms with Crippen molar-refractivity contribution in [3.8, 4) is 0 Å². The Morgan fingerprint density at radius 3 is 2.33 bits per heavy atom. The number of aromatic nitrogens is 2. The zero-order valence-electron chi connectivity index (χ0n) is 12.8. The first-order chi connectivity index (χ1) is 11.7. The number of fused-ring (bicyclic) bond motifs is 2. The maximum atomic E-state index is 13.1. The minimum absolute atomic E-state index is 0.207. The fourth-order valence-corrected chi connectivity index (χ4v) is 3.51. The zero-order chi connectivity index (χ0) is 16.7. The average molecular weight is 329 g/mol. The summed E-state index contributed by atoms with van der Waals surface area (Å²) in [5, 5.41) is 8.62. The van der Waals surface area contributed by atoms with Crippen LogP contribution in [0.25, 0.3) is 0 Å². The van der Waals surface area contributed by atoms with Crippen molar-refractivity contribution in [3.05, 3.63) is 48.0 Å². The molecule has 3 heterocycles. The van der Waals surface area contributed by atoms with Gasteiger partial charge in [0.15, 0.2) is 0 Å². The number of anilines is 2. The number of hydroxylamine groups is 1. The van der Waals surface area contributed by atoms with E-state index in [1.807, 2.05) is 0 Å². The van der Waals surface area contributed by atoms with E-state index in [0.717, 1.165) is 25.2 Å². The van der Waals surface area contributed by atoms with Crippen molar-refractivity contribution < 1.29 is 14.4 Å². The second kappa shape index (κ2) is 5.72. The fraction of sp³-hybridized carbons (Fsp3) is 0.312. The highest BCUT2D eigenvalue weighted by molar-refractivity contribution is 5.92. The predicted molar refractivity (Wildman–Crippen MR) is 84.6 cm³/mol. The number of amides is 1. The van der Waals surface area contributed by atoms with Crippen molar-refractivity contribution >= 4 is 17.5 Å². The zero-order valence-corrected chi connectivity index (χ0v) is 12.8. The topological polar surface area (TPSA) is 81.6 Å². The Labute approximate surface area is 137 Å². The number of piperazine rings is 1. The molecule has 4 rings (SSSR count). The Bertz CT molecular complexity index is 752. The lowest BCUT2D eigenvalue weighted by molar-refractivity contribution is 0.0705. The number of carbonyl (C=O) groups is 1. The quantitative estimate of drug-likeness (QED) is 0.650. The molecule has 0 aliphatic carbocycles. The molecule has 2 saturated heterocycles. The molecule has 2 aromatic rings. The van der Waals surface area contributed by atoms with Crippen LogP contribution in [-0.4, -0.2) is 46.3 Å². The molecule has 1 aromatic carbocycles. The molecule has 2 unspecified atom stereocenters. The second-order valence-corrected chi connectivity index (χ2v) is 6.04. The van der Waals surface area contributed by atoms with Crippen molar-refractivity contribution in [2.45, 2.75) is 18.5 Å². The maximum absolute atomic E-state index is 13.1. The van der Waals surface area contributed by atoms with Crippen LogP contribution in [-0.2, 0) is 0 Å². The summed E-state index contributed by atoms with van der Waals surface area (Å²) in [5.41, 5.74) is 2.79. The van der Waals surface area contributed by atoms with Crippen LogP contribution in [0.2, 0.25) is 0 Å². The summed E-state index contributed by atoms with van der Waals surface area (Å²) < 4.78 is 13.1. The average Bonchev–Trinajstić information content (AvgIpc) is 3.22. The lowest BCUT2D eigenvalue weighted by Crippen LogP contribution is -2.47. The van der Waals surface area contributed by atoms with E-state index in [-0.39, 0.29) is 17.4 Å². The molecule has 2 bridgehead atoms. The molecule has 2 aliphatic rings. The third-order valence-electron chi connectivity index (χ3n) is 4.66. The van der Waals surface area contributed by atoms with E-state index in [4.69, 9.17) is 5.21 Å². The van der Waals surface area contributed by atoms with Gasteiger partial charge in [-0.05, 0) is 30.7 Å². The third kappa shape index (κ3) is 2.44. The smallest absolute Gasteiger partial charge is 0.277 e. The molecule has 1 amide bonds. The normalized spacial score (nSPS) is 22.1. The highest BCUT2D eigenvalue weighted by Gasteiger charge is 2.44. The van der Waals surface area contributed by atoms with E-state index in [0.29, 0.717) is 12.0 Å². The summed E-state index contributed by atoms with van der Waals surface area (Å²) in [6.07, 6.45) is 3.80. The first-order valence-corrected chi connectivity index (χ1v) is 7.71. The summed E-state index contributed by atoms with van der Waals surface area (Å²) in [4.78, 5) is 24.2. The van der Waals surface area contributed by atoms with Crippen molar-refractivity contribution in [2.24, 2.45) is 0 Å². The molecule has 2 atom stereocenters. The van der Waals surface area contributed by atoms with Gasteiger partial charge in [-0.25, -0.2) is 19.8 Å². The molecular weight excluding hydrogens is 313 g/mol. The summed E-state index contributed by atoms with van der Waals surface area (Å²) in [6.45, 7) is 1.62. The molecule has 124 valence electrons. The number of nitrogens with one attached hydrogen (secondary N) is 1. The number of benzene rings is 1. The summed E-state index contributed by atoms with van der Waals surface area (Å²) >= 11 is 0. The Morgan fingerprint density at radius 1 is 1.12 bits per heavy atom. The van der Waals surface area contributed by atoms with Crippen molar-refractivity contribution in [1.29, 1.82) is 0 Å². The third-order valence-corrected chi connectivity index (χ3v) is 4.66. The minimum atomic E-state index is -0.632. The molecule has 24 heavy (non-hydrogen) atoms. The number of hydrogen-bond acceptors (Lipinski definition) is 6. The number of rotatable bonds is 3. The summed E-state index contributed by atoms with van der Waals surface area (Å²) in [7, 11) is 0. The van der Waals surface area contributed by atoms with E-state index in [1.165, 1.54) is 24.5 Å². The minimum Gasteiger partial charge on any atom is -0.365 e. The van der Waals surface area contributed by atoms with Gasteiger partial charge in [-0.15, -0.1) is 0 Å². The van der Waals surface area contributed by atoms with Gasteiger partial charge in [0.05, 0.1) is 11.6 Å². The van der Waals surface area contributed by atoms with Crippen LogP contribution >= 0.6 is 0 Å². The predicted octanol–water partition coefficient (Wildman–Crippen LogP) is 1.20. The Hall–Kier alpha value is -2.74. The standard InChI is InChI=1S/C16H16FN5O2/c17-11-1-3-12(4-2-11)21-8-14-5-13(21)9-22(14)16-18-6-10(7-19-16)15(23)20-24/h1-4,6-7,13-14,24H,5,8-9H2,(H,20,23). The molecular formula is C16H16FN5O2. The van der Waals surface area contributed by atoms with Crippen LogP contribution in [0.3, 0.4) is 0 Å². The van der Waals surface area contributed by atoms with E-state index >= 15 is 0 Å². The van der Waals surface area contributed by atoms with E-state index in [9.17, 15) is 9.18 Å². The highest BCUT2D eigenvalue weighted by atomic mass is 19.1. The molecule has 0 spiro atoms. The van der Waals surface area contributed by atoms with Crippen molar-refractivity contribution in [2.75, 3.05) is 22.9 Å². The van der Waals surface area contributed by atoms with Gasteiger partial charge in [0.2, 0.25) is 5.95 Å². The molecule has 8 heteroatoms. The SMILES string of the molecule is O=C(NO)c1cnc(N2CC3CC2CN3c2ccc(F)cc2)nc1. The molecule has 7 nitrogen and oxygen atoms in total. The number of hydrogen-bond donors (Lipinski definition) is 2. The molecule has 0 saturated carbocycles. The Balaban J connectivity index is 1.48. The molecule has 2 N–H and O–H groups in total. The van der Waals surface area contributed by atoms with Crippen LogP contribution in [0.5, 0.6) is 0 Å². The lowest BCUT2D eigenvalue weighted by Gasteiger charge is -2.35. The van der Waals surface area contributed by atoms with Crippen LogP contribution < -0.4 is 15.3 Å². The van der Waals surface area contributed by atoms with Gasteiger partial charge in [-0.2, -0.15) is 0 Å². The van der Waals surface area contributed by atoms with Gasteiger partial charge >= 0.3 is 0 Å². The lowest BCUT2D eigenvalue weighted by atomic mass is 10.2. The van der Waals surface area contributed by atoms with Gasteiger partial charge < -0.3 is 9.80 Å². The van der Waals surface area contributed by atoms with Crippen LogP contribution in [0, 0.1) is 5.82 Å². The number of nitrogens with zero attached hydrogens (tertiary/aromatic N) is 4. The first-order valence-electron chi connectivity index (χ1n) is 7.71. The van der Waals surface area contributed by atoms with Crippen molar-refractivity contribution in [3.63, 3.8) is 0 Å². The van der Waals surface area contributed by atoms with Gasteiger partial charge in [-0.3, -0.25) is 10.0 Å². The van der Waals surface area contributed by atoms with Crippen LogP contribution in [0.1, 0.15) is 16.8 Å². The summed E-state index contributed by atoms with van der Waals surface area (Å²) in [5.74, 6) is -0.284. The molecule has 2 aliphatic heterocycles. The second-order valence-electron chi connectivity index (χ2n) is 6.04. The van der Waals surface area contributed by atoms with Crippen molar-refractivity contribution in [1.82, 2.24) is 15.4 Å². The van der Waals surface area contributed by atoms with Gasteiger partial charge in [-0.1, -0.05) is 0 Å². The van der Waals surface area contributed by atoms with Gasteiger partial charge in [0.25, 0.3) is 5.91 Å². The highest BCUT2D eigenvalue weighted by Crippen LogP contribution is 2.36. The van der Waals surface area contributed by atoms with Gasteiger partial charge in [0.1, 0.15) is 5.82 Å². The molecule has 0 radical (unpaired) electrons. The monoisotopic (exact) mass is 329 g/mol. The molecule has 1 aromatic heterocycles. The van der Waals surface area contributed by atoms with Crippen LogP contribution in [0.4, 0.5) is 16.0 Å². The largest absolute Gasteiger partial charge is 0.365 e.